The maximum Gasteiger partial charge on any atom is 0.280 e. The maximum absolute atomic E-state index is 11.4. The minimum absolute atomic E-state index is 0. The monoisotopic (exact) mass is 368 g/mol. The van der Waals surface area contributed by atoms with Gasteiger partial charge in [-0.1, -0.05) is 24.3 Å². The maximum atomic E-state index is 11.4. The number of rotatable bonds is 5. The largest absolute Gasteiger partial charge is 0.382 e. The van der Waals surface area contributed by atoms with Crippen molar-refractivity contribution in [3.05, 3.63) is 52.6 Å². The average Bonchev–Trinajstić information content (AvgIpc) is 2.53. The lowest BCUT2D eigenvalue weighted by molar-refractivity contribution is -0.383. The van der Waals surface area contributed by atoms with Gasteiger partial charge in [0.1, 0.15) is 5.39 Å². The van der Waals surface area contributed by atoms with Crippen molar-refractivity contribution in [2.75, 3.05) is 25.5 Å². The van der Waals surface area contributed by atoms with Crippen LogP contribution in [0.5, 0.6) is 0 Å². The van der Waals surface area contributed by atoms with Gasteiger partial charge in [0.05, 0.1) is 21.6 Å². The van der Waals surface area contributed by atoms with Crippen LogP contribution in [0, 0.1) is 10.1 Å². The van der Waals surface area contributed by atoms with Crippen LogP contribution in [0.25, 0.3) is 21.8 Å². The summed E-state index contributed by atoms with van der Waals surface area (Å²) in [5.74, 6) is 0. The summed E-state index contributed by atoms with van der Waals surface area (Å²) in [5.41, 5.74) is 2.29. The number of para-hydroxylation sites is 1. The predicted octanol–water partition coefficient (Wildman–Crippen LogP) is 3.77. The third-order valence-electron chi connectivity index (χ3n) is 3.56. The molecular formula is C16H18Cl2N4O2. The number of anilines is 1. The number of benzene rings is 2. The molecule has 0 radical (unpaired) electrons. The highest BCUT2D eigenvalue weighted by atomic mass is 35.5. The molecule has 2 N–H and O–H groups in total. The van der Waals surface area contributed by atoms with Gasteiger partial charge < -0.3 is 10.6 Å². The van der Waals surface area contributed by atoms with E-state index < -0.39 is 0 Å². The summed E-state index contributed by atoms with van der Waals surface area (Å²) in [5, 5.41) is 19.2. The molecule has 0 spiro atoms. The van der Waals surface area contributed by atoms with Gasteiger partial charge in [-0.2, -0.15) is 0 Å². The number of fused-ring (bicyclic) bond motifs is 2. The lowest BCUT2D eigenvalue weighted by Crippen LogP contribution is -2.18. The fourth-order valence-electron chi connectivity index (χ4n) is 2.57. The molecule has 0 bridgehead atoms. The van der Waals surface area contributed by atoms with Gasteiger partial charge in [0.2, 0.25) is 0 Å². The van der Waals surface area contributed by atoms with Crippen LogP contribution in [-0.2, 0) is 0 Å². The summed E-state index contributed by atoms with van der Waals surface area (Å²) in [6.45, 7) is 1.43. The fourth-order valence-corrected chi connectivity index (χ4v) is 2.57. The quantitative estimate of drug-likeness (QED) is 0.310. The third kappa shape index (κ3) is 3.67. The number of hydrogen-bond acceptors (Lipinski definition) is 5. The number of nitro groups is 1. The number of nitro benzene ring substituents is 1. The second kappa shape index (κ2) is 8.63. The Labute approximate surface area is 151 Å². The van der Waals surface area contributed by atoms with Crippen molar-refractivity contribution >= 4 is 58.0 Å². The van der Waals surface area contributed by atoms with Crippen LogP contribution in [0.3, 0.4) is 0 Å². The zero-order chi connectivity index (χ0) is 15.5. The highest BCUT2D eigenvalue weighted by Crippen LogP contribution is 2.36. The predicted molar refractivity (Wildman–Crippen MR) is 103 cm³/mol. The number of non-ortho nitro benzene ring substituents is 1. The Bertz CT molecular complexity index is 858. The van der Waals surface area contributed by atoms with Gasteiger partial charge in [0.25, 0.3) is 5.69 Å². The molecular weight excluding hydrogens is 351 g/mol. The van der Waals surface area contributed by atoms with E-state index in [-0.39, 0.29) is 35.4 Å². The van der Waals surface area contributed by atoms with E-state index in [1.807, 2.05) is 31.3 Å². The van der Waals surface area contributed by atoms with E-state index >= 15 is 0 Å². The molecule has 0 saturated heterocycles. The number of aromatic nitrogens is 1. The van der Waals surface area contributed by atoms with Crippen molar-refractivity contribution in [3.8, 4) is 0 Å². The van der Waals surface area contributed by atoms with Gasteiger partial charge in [-0.05, 0) is 19.2 Å². The second-order valence-electron chi connectivity index (χ2n) is 4.96. The van der Waals surface area contributed by atoms with Gasteiger partial charge >= 0.3 is 0 Å². The van der Waals surface area contributed by atoms with Crippen LogP contribution in [0.4, 0.5) is 11.4 Å². The molecule has 128 valence electrons. The molecule has 0 saturated carbocycles. The number of hydrogen-bond donors (Lipinski definition) is 2. The molecule has 24 heavy (non-hydrogen) atoms. The van der Waals surface area contributed by atoms with Gasteiger partial charge in [-0.3, -0.25) is 10.1 Å². The molecule has 3 rings (SSSR count). The molecule has 6 nitrogen and oxygen atoms in total. The Morgan fingerprint density at radius 2 is 1.75 bits per heavy atom. The normalized spacial score (nSPS) is 10.0. The minimum atomic E-state index is -0.359. The topological polar surface area (TPSA) is 80.1 Å². The number of pyridine rings is 1. The van der Waals surface area contributed by atoms with Crippen molar-refractivity contribution in [2.45, 2.75) is 0 Å². The van der Waals surface area contributed by atoms with Crippen molar-refractivity contribution in [1.29, 1.82) is 0 Å². The van der Waals surface area contributed by atoms with E-state index in [0.29, 0.717) is 17.4 Å². The van der Waals surface area contributed by atoms with Crippen LogP contribution in [0.2, 0.25) is 0 Å². The Morgan fingerprint density at radius 1 is 1.04 bits per heavy atom. The molecule has 0 aliphatic carbocycles. The molecule has 0 unspecified atom stereocenters. The number of nitrogens with one attached hydrogen (secondary N) is 2. The molecule has 0 amide bonds. The fraction of sp³-hybridized carbons (Fsp3) is 0.188. The zero-order valence-corrected chi connectivity index (χ0v) is 14.6. The van der Waals surface area contributed by atoms with Crippen molar-refractivity contribution < 1.29 is 4.92 Å². The molecule has 1 aromatic heterocycles. The van der Waals surface area contributed by atoms with E-state index in [0.717, 1.165) is 23.1 Å². The smallest absolute Gasteiger partial charge is 0.280 e. The summed E-state index contributed by atoms with van der Waals surface area (Å²) in [4.78, 5) is 15.6. The SMILES string of the molecule is CNCCNc1c2ccccc2nc2cccc([N+](=O)[O-])c12.Cl.Cl. The molecule has 1 heterocycles. The van der Waals surface area contributed by atoms with E-state index in [9.17, 15) is 10.1 Å². The van der Waals surface area contributed by atoms with Crippen molar-refractivity contribution in [2.24, 2.45) is 0 Å². The highest BCUT2D eigenvalue weighted by molar-refractivity contribution is 6.11. The van der Waals surface area contributed by atoms with Crippen LogP contribution < -0.4 is 10.6 Å². The van der Waals surface area contributed by atoms with E-state index in [1.54, 1.807) is 12.1 Å². The van der Waals surface area contributed by atoms with Gasteiger partial charge in [0.15, 0.2) is 0 Å². The van der Waals surface area contributed by atoms with E-state index in [4.69, 9.17) is 0 Å². The summed E-state index contributed by atoms with van der Waals surface area (Å²) in [7, 11) is 1.87. The Balaban J connectivity index is 0.00000144. The van der Waals surface area contributed by atoms with Crippen molar-refractivity contribution in [3.63, 3.8) is 0 Å². The molecule has 0 aliphatic rings. The van der Waals surface area contributed by atoms with Crippen LogP contribution in [-0.4, -0.2) is 30.0 Å². The second-order valence-corrected chi connectivity index (χ2v) is 4.96. The van der Waals surface area contributed by atoms with E-state index in [2.05, 4.69) is 15.6 Å². The van der Waals surface area contributed by atoms with Crippen LogP contribution >= 0.6 is 24.8 Å². The first-order chi connectivity index (χ1) is 10.7. The number of halogens is 2. The highest BCUT2D eigenvalue weighted by Gasteiger charge is 2.18. The molecule has 3 aromatic rings. The molecule has 2 aromatic carbocycles. The first-order valence-corrected chi connectivity index (χ1v) is 7.06. The summed E-state index contributed by atoms with van der Waals surface area (Å²) in [6, 6.07) is 12.7. The summed E-state index contributed by atoms with van der Waals surface area (Å²) < 4.78 is 0. The third-order valence-corrected chi connectivity index (χ3v) is 3.56. The lowest BCUT2D eigenvalue weighted by atomic mass is 10.1. The van der Waals surface area contributed by atoms with Crippen LogP contribution in [0.15, 0.2) is 42.5 Å². The van der Waals surface area contributed by atoms with Gasteiger partial charge in [0, 0.05) is 24.5 Å². The molecule has 8 heteroatoms. The minimum Gasteiger partial charge on any atom is -0.382 e. The average molecular weight is 369 g/mol. The molecule has 0 atom stereocenters. The van der Waals surface area contributed by atoms with E-state index in [1.165, 1.54) is 6.07 Å². The van der Waals surface area contributed by atoms with Crippen molar-refractivity contribution in [1.82, 2.24) is 10.3 Å². The van der Waals surface area contributed by atoms with Gasteiger partial charge in [-0.25, -0.2) is 4.98 Å². The Kier molecular flexibility index (Phi) is 7.16. The number of nitrogens with zero attached hydrogens (tertiary/aromatic N) is 2. The standard InChI is InChI=1S/C16H16N4O2.2ClH/c1-17-9-10-18-16-11-5-2-3-6-12(11)19-13-7-4-8-14(15(13)16)20(21)22;;/h2-8,17H,9-10H2,1H3,(H,18,19);2*1H. The lowest BCUT2D eigenvalue weighted by Gasteiger charge is -2.13. The molecule has 0 fully saturated rings. The zero-order valence-electron chi connectivity index (χ0n) is 13.0. The number of likely N-dealkylation sites (N-methyl/N-ethyl adjacent to an activating group) is 1. The first kappa shape index (κ1) is 19.9. The Hall–Kier alpha value is -2.15. The Morgan fingerprint density at radius 3 is 2.46 bits per heavy atom. The van der Waals surface area contributed by atoms with Gasteiger partial charge in [-0.15, -0.1) is 24.8 Å². The summed E-state index contributed by atoms with van der Waals surface area (Å²) >= 11 is 0. The molecule has 0 aliphatic heterocycles. The van der Waals surface area contributed by atoms with Crippen LogP contribution in [0.1, 0.15) is 0 Å². The summed E-state index contributed by atoms with van der Waals surface area (Å²) in [6.07, 6.45) is 0. The first-order valence-electron chi connectivity index (χ1n) is 7.06.